The van der Waals surface area contributed by atoms with Gasteiger partial charge in [0.2, 0.25) is 0 Å². The lowest BCUT2D eigenvalue weighted by Gasteiger charge is -2.38. The van der Waals surface area contributed by atoms with Gasteiger partial charge < -0.3 is 15.3 Å². The van der Waals surface area contributed by atoms with E-state index in [1.807, 2.05) is 24.9 Å². The van der Waals surface area contributed by atoms with E-state index in [-0.39, 0.29) is 18.7 Å². The predicted octanol–water partition coefficient (Wildman–Crippen LogP) is 3.10. The fraction of sp³-hybridized carbons (Fsp3) is 0.750. The lowest BCUT2D eigenvalue weighted by atomic mass is 9.87. The summed E-state index contributed by atoms with van der Waals surface area (Å²) in [5, 5.41) is 13.9. The van der Waals surface area contributed by atoms with E-state index in [9.17, 15) is 9.90 Å². The van der Waals surface area contributed by atoms with Crippen molar-refractivity contribution in [2.24, 2.45) is 5.92 Å². The maximum Gasteiger partial charge on any atom is 0.318 e. The van der Waals surface area contributed by atoms with Gasteiger partial charge in [0.05, 0.1) is 18.2 Å². The summed E-state index contributed by atoms with van der Waals surface area (Å²) in [6.07, 6.45) is 4.49. The molecule has 2 N–H and O–H groups in total. The molecule has 2 amide bonds. The molecular formula is C16H27N3O2S. The minimum atomic E-state index is -0.406. The number of aromatic nitrogens is 1. The predicted molar refractivity (Wildman–Crippen MR) is 89.0 cm³/mol. The molecule has 0 bridgehead atoms. The van der Waals surface area contributed by atoms with Gasteiger partial charge in [0.25, 0.3) is 0 Å². The van der Waals surface area contributed by atoms with Gasteiger partial charge in [-0.2, -0.15) is 0 Å². The summed E-state index contributed by atoms with van der Waals surface area (Å²) in [6.45, 7) is 8.97. The molecule has 0 saturated carbocycles. The van der Waals surface area contributed by atoms with Crippen LogP contribution < -0.4 is 5.32 Å². The Morgan fingerprint density at radius 3 is 2.82 bits per heavy atom. The van der Waals surface area contributed by atoms with Gasteiger partial charge in [0.1, 0.15) is 5.01 Å². The number of amides is 2. The van der Waals surface area contributed by atoms with Gasteiger partial charge in [-0.15, -0.1) is 11.3 Å². The standard InChI is InChI=1S/C16H27N3O2S/c1-11(2)8-16(10-20)6-5-7-19(16)15(21)18-13(4)14-17-9-12(3)22-14/h9,11,13,20H,5-8,10H2,1-4H3,(H,18,21)/t13-,16+/m1/s1. The van der Waals surface area contributed by atoms with Crippen LogP contribution in [0.2, 0.25) is 0 Å². The molecule has 1 aromatic heterocycles. The van der Waals surface area contributed by atoms with E-state index in [1.54, 1.807) is 11.3 Å². The number of aryl methyl sites for hydroxylation is 1. The van der Waals surface area contributed by atoms with Crippen molar-refractivity contribution in [3.63, 3.8) is 0 Å². The largest absolute Gasteiger partial charge is 0.394 e. The van der Waals surface area contributed by atoms with Crippen molar-refractivity contribution in [2.75, 3.05) is 13.2 Å². The summed E-state index contributed by atoms with van der Waals surface area (Å²) in [6, 6.07) is -0.199. The summed E-state index contributed by atoms with van der Waals surface area (Å²) in [7, 11) is 0. The van der Waals surface area contributed by atoms with Gasteiger partial charge in [-0.1, -0.05) is 13.8 Å². The molecule has 2 heterocycles. The summed E-state index contributed by atoms with van der Waals surface area (Å²) >= 11 is 1.60. The van der Waals surface area contributed by atoms with Crippen molar-refractivity contribution in [2.45, 2.75) is 58.5 Å². The van der Waals surface area contributed by atoms with Crippen LogP contribution in [0.5, 0.6) is 0 Å². The maximum atomic E-state index is 12.7. The Bertz CT molecular complexity index is 517. The Balaban J connectivity index is 2.07. The van der Waals surface area contributed by atoms with Crippen LogP contribution in [0.1, 0.15) is 56.0 Å². The zero-order valence-corrected chi connectivity index (χ0v) is 14.7. The molecule has 1 aliphatic heterocycles. The average Bonchev–Trinajstić information content (AvgIpc) is 3.05. The van der Waals surface area contributed by atoms with Crippen molar-refractivity contribution in [1.29, 1.82) is 0 Å². The lowest BCUT2D eigenvalue weighted by molar-refractivity contribution is 0.0667. The molecule has 0 unspecified atom stereocenters. The second-order valence-corrected chi connectivity index (χ2v) is 7.98. The first kappa shape index (κ1) is 17.2. The SMILES string of the molecule is Cc1cnc([C@@H](C)NC(=O)N2CCC[C@@]2(CO)CC(C)C)s1. The summed E-state index contributed by atoms with van der Waals surface area (Å²) in [5.74, 6) is 0.444. The monoisotopic (exact) mass is 325 g/mol. The highest BCUT2D eigenvalue weighted by Crippen LogP contribution is 2.35. The molecule has 0 radical (unpaired) electrons. The highest BCUT2D eigenvalue weighted by atomic mass is 32.1. The number of aliphatic hydroxyl groups is 1. The fourth-order valence-corrected chi connectivity index (χ4v) is 4.13. The number of nitrogens with one attached hydrogen (secondary N) is 1. The van der Waals surface area contributed by atoms with Crippen LogP contribution >= 0.6 is 11.3 Å². The van der Waals surface area contributed by atoms with E-state index < -0.39 is 5.54 Å². The van der Waals surface area contributed by atoms with Gasteiger partial charge in [0, 0.05) is 17.6 Å². The average molecular weight is 325 g/mol. The molecule has 1 saturated heterocycles. The Morgan fingerprint density at radius 2 is 2.27 bits per heavy atom. The van der Waals surface area contributed by atoms with E-state index in [4.69, 9.17) is 0 Å². The van der Waals surface area contributed by atoms with Crippen LogP contribution in [0, 0.1) is 12.8 Å². The molecule has 6 heteroatoms. The quantitative estimate of drug-likeness (QED) is 0.874. The molecule has 124 valence electrons. The molecule has 0 spiro atoms. The molecule has 0 aliphatic carbocycles. The zero-order chi connectivity index (χ0) is 16.3. The van der Waals surface area contributed by atoms with Crippen LogP contribution in [0.15, 0.2) is 6.20 Å². The maximum absolute atomic E-state index is 12.7. The highest BCUT2D eigenvalue weighted by Gasteiger charge is 2.43. The second kappa shape index (κ2) is 6.96. The lowest BCUT2D eigenvalue weighted by Crippen LogP contribution is -2.54. The van der Waals surface area contributed by atoms with E-state index in [2.05, 4.69) is 24.1 Å². The number of urea groups is 1. The van der Waals surface area contributed by atoms with Crippen LogP contribution in [-0.2, 0) is 0 Å². The first-order valence-electron chi connectivity index (χ1n) is 7.99. The van der Waals surface area contributed by atoms with Crippen molar-refractivity contribution in [3.05, 3.63) is 16.1 Å². The zero-order valence-electron chi connectivity index (χ0n) is 13.9. The van der Waals surface area contributed by atoms with Crippen molar-refractivity contribution in [3.8, 4) is 0 Å². The Kier molecular flexibility index (Phi) is 5.45. The summed E-state index contributed by atoms with van der Waals surface area (Å²) in [4.78, 5) is 20.0. The molecule has 22 heavy (non-hydrogen) atoms. The molecule has 1 aliphatic rings. The van der Waals surface area contributed by atoms with Crippen LogP contribution in [0.4, 0.5) is 4.79 Å². The first-order valence-corrected chi connectivity index (χ1v) is 8.81. The number of nitrogens with zero attached hydrogens (tertiary/aromatic N) is 2. The molecule has 1 fully saturated rings. The van der Waals surface area contributed by atoms with E-state index in [1.165, 1.54) is 0 Å². The van der Waals surface area contributed by atoms with Gasteiger partial charge in [-0.3, -0.25) is 0 Å². The number of carbonyl (C=O) groups excluding carboxylic acids is 1. The second-order valence-electron chi connectivity index (χ2n) is 6.72. The molecule has 5 nitrogen and oxygen atoms in total. The third-order valence-corrected chi connectivity index (χ3v) is 5.37. The van der Waals surface area contributed by atoms with Gasteiger partial charge in [0.15, 0.2) is 0 Å². The highest BCUT2D eigenvalue weighted by molar-refractivity contribution is 7.11. The van der Waals surface area contributed by atoms with Gasteiger partial charge in [-0.05, 0) is 39.0 Å². The topological polar surface area (TPSA) is 65.5 Å². The van der Waals surface area contributed by atoms with E-state index in [0.29, 0.717) is 12.5 Å². The van der Waals surface area contributed by atoms with Gasteiger partial charge in [-0.25, -0.2) is 9.78 Å². The molecule has 2 rings (SSSR count). The molecule has 1 aromatic rings. The van der Waals surface area contributed by atoms with Gasteiger partial charge >= 0.3 is 6.03 Å². The Labute approximate surface area is 136 Å². The Hall–Kier alpha value is -1.14. The number of thiazole rings is 1. The molecule has 0 aromatic carbocycles. The minimum Gasteiger partial charge on any atom is -0.394 e. The molecule has 2 atom stereocenters. The number of aliphatic hydroxyl groups excluding tert-OH is 1. The number of likely N-dealkylation sites (tertiary alicyclic amines) is 1. The van der Waals surface area contributed by atoms with Crippen molar-refractivity contribution < 1.29 is 9.90 Å². The van der Waals surface area contributed by atoms with Crippen LogP contribution in [0.3, 0.4) is 0 Å². The number of hydrogen-bond donors (Lipinski definition) is 2. The number of rotatable bonds is 5. The number of hydrogen-bond acceptors (Lipinski definition) is 4. The normalized spacial score (nSPS) is 23.1. The van der Waals surface area contributed by atoms with Crippen molar-refractivity contribution in [1.82, 2.24) is 15.2 Å². The third kappa shape index (κ3) is 3.60. The Morgan fingerprint density at radius 1 is 1.55 bits per heavy atom. The molecular weight excluding hydrogens is 298 g/mol. The summed E-state index contributed by atoms with van der Waals surface area (Å²) in [5.41, 5.74) is -0.406. The van der Waals surface area contributed by atoms with Crippen molar-refractivity contribution >= 4 is 17.4 Å². The van der Waals surface area contributed by atoms with Crippen LogP contribution in [-0.4, -0.2) is 39.7 Å². The third-order valence-electron chi connectivity index (χ3n) is 4.27. The number of carbonyl (C=O) groups is 1. The van der Waals surface area contributed by atoms with E-state index in [0.717, 1.165) is 29.1 Å². The minimum absolute atomic E-state index is 0.0311. The fourth-order valence-electron chi connectivity index (χ4n) is 3.35. The smallest absolute Gasteiger partial charge is 0.318 e. The van der Waals surface area contributed by atoms with Crippen LogP contribution in [0.25, 0.3) is 0 Å². The van der Waals surface area contributed by atoms with E-state index >= 15 is 0 Å². The first-order chi connectivity index (χ1) is 10.4. The summed E-state index contributed by atoms with van der Waals surface area (Å²) < 4.78 is 0.